The summed E-state index contributed by atoms with van der Waals surface area (Å²) in [7, 11) is 1.82. The summed E-state index contributed by atoms with van der Waals surface area (Å²) in [6.45, 7) is 2.11. The first-order valence-electron chi connectivity index (χ1n) is 5.22. The Labute approximate surface area is 89.9 Å². The van der Waals surface area contributed by atoms with Gasteiger partial charge in [0.15, 0.2) is 0 Å². The highest BCUT2D eigenvalue weighted by Gasteiger charge is 2.40. The van der Waals surface area contributed by atoms with Crippen LogP contribution in [0.4, 0.5) is 11.4 Å². The molecular formula is C12H16N2O. The lowest BCUT2D eigenvalue weighted by Gasteiger charge is -2.17. The fourth-order valence-corrected chi connectivity index (χ4v) is 1.74. The van der Waals surface area contributed by atoms with Crippen molar-refractivity contribution in [1.82, 2.24) is 0 Å². The van der Waals surface area contributed by atoms with Crippen LogP contribution in [0.5, 0.6) is 0 Å². The van der Waals surface area contributed by atoms with E-state index in [0.717, 1.165) is 17.8 Å². The van der Waals surface area contributed by atoms with Crippen molar-refractivity contribution in [2.24, 2.45) is 11.8 Å². The Hall–Kier alpha value is -1.51. The molecule has 1 amide bonds. The molecule has 0 heterocycles. The summed E-state index contributed by atoms with van der Waals surface area (Å²) >= 11 is 0. The molecule has 1 aromatic rings. The average Bonchev–Trinajstić information content (AvgIpc) is 2.94. The Balaban J connectivity index is 2.10. The van der Waals surface area contributed by atoms with Crippen molar-refractivity contribution < 1.29 is 4.79 Å². The lowest BCUT2D eigenvalue weighted by atomic mass is 10.2. The molecule has 2 rings (SSSR count). The van der Waals surface area contributed by atoms with E-state index in [1.54, 1.807) is 4.90 Å². The van der Waals surface area contributed by atoms with Gasteiger partial charge in [-0.15, -0.1) is 0 Å². The molecule has 0 saturated heterocycles. The molecule has 0 aliphatic heterocycles. The third kappa shape index (κ3) is 1.96. The maximum absolute atomic E-state index is 11.9. The summed E-state index contributed by atoms with van der Waals surface area (Å²) in [5, 5.41) is 0. The normalized spacial score (nSPS) is 23.6. The number of nitrogens with two attached hydrogens (primary N) is 1. The molecule has 3 heteroatoms. The average molecular weight is 204 g/mol. The Morgan fingerprint density at radius 2 is 1.93 bits per heavy atom. The number of anilines is 2. The van der Waals surface area contributed by atoms with Gasteiger partial charge < -0.3 is 10.6 Å². The van der Waals surface area contributed by atoms with E-state index in [-0.39, 0.29) is 11.8 Å². The summed E-state index contributed by atoms with van der Waals surface area (Å²) in [4.78, 5) is 13.6. The van der Waals surface area contributed by atoms with Crippen LogP contribution in [0.15, 0.2) is 24.3 Å². The monoisotopic (exact) mass is 204 g/mol. The number of rotatable bonds is 2. The minimum Gasteiger partial charge on any atom is -0.399 e. The van der Waals surface area contributed by atoms with E-state index in [1.165, 1.54) is 0 Å². The fourth-order valence-electron chi connectivity index (χ4n) is 1.74. The highest BCUT2D eigenvalue weighted by atomic mass is 16.2. The summed E-state index contributed by atoms with van der Waals surface area (Å²) < 4.78 is 0. The molecule has 1 aliphatic rings. The van der Waals surface area contributed by atoms with E-state index in [9.17, 15) is 4.79 Å². The molecule has 0 bridgehead atoms. The minimum absolute atomic E-state index is 0.215. The van der Waals surface area contributed by atoms with Gasteiger partial charge in [-0.1, -0.05) is 6.92 Å². The molecule has 3 nitrogen and oxygen atoms in total. The number of benzene rings is 1. The van der Waals surface area contributed by atoms with Crippen molar-refractivity contribution in [2.75, 3.05) is 17.7 Å². The first-order valence-corrected chi connectivity index (χ1v) is 5.22. The van der Waals surface area contributed by atoms with E-state index in [0.29, 0.717) is 5.92 Å². The molecule has 0 radical (unpaired) electrons. The third-order valence-corrected chi connectivity index (χ3v) is 3.04. The number of amides is 1. The molecule has 15 heavy (non-hydrogen) atoms. The van der Waals surface area contributed by atoms with Crippen LogP contribution in [0.3, 0.4) is 0 Å². The summed E-state index contributed by atoms with van der Waals surface area (Å²) in [6, 6.07) is 7.38. The van der Waals surface area contributed by atoms with Gasteiger partial charge in [0.25, 0.3) is 0 Å². The predicted molar refractivity (Wildman–Crippen MR) is 61.5 cm³/mol. The van der Waals surface area contributed by atoms with E-state index >= 15 is 0 Å². The maximum atomic E-state index is 11.9. The zero-order valence-corrected chi connectivity index (χ0v) is 9.10. The van der Waals surface area contributed by atoms with Crippen molar-refractivity contribution >= 4 is 17.3 Å². The second-order valence-corrected chi connectivity index (χ2v) is 4.31. The smallest absolute Gasteiger partial charge is 0.230 e. The Morgan fingerprint density at radius 3 is 2.40 bits per heavy atom. The molecule has 1 aromatic carbocycles. The second kappa shape index (κ2) is 3.57. The SMILES string of the molecule is CC1CC1C(=O)N(C)c1ccc(N)cc1. The Morgan fingerprint density at radius 1 is 1.40 bits per heavy atom. The van der Waals surface area contributed by atoms with Crippen LogP contribution in [0.1, 0.15) is 13.3 Å². The molecule has 1 saturated carbocycles. The summed E-state index contributed by atoms with van der Waals surface area (Å²) in [6.07, 6.45) is 1.03. The van der Waals surface area contributed by atoms with Crippen molar-refractivity contribution in [1.29, 1.82) is 0 Å². The van der Waals surface area contributed by atoms with Crippen LogP contribution in [-0.4, -0.2) is 13.0 Å². The van der Waals surface area contributed by atoms with Crippen molar-refractivity contribution in [3.05, 3.63) is 24.3 Å². The van der Waals surface area contributed by atoms with Gasteiger partial charge in [0.2, 0.25) is 5.91 Å². The molecule has 1 fully saturated rings. The zero-order valence-electron chi connectivity index (χ0n) is 9.10. The van der Waals surface area contributed by atoms with Gasteiger partial charge in [-0.05, 0) is 36.6 Å². The molecule has 1 aliphatic carbocycles. The number of nitrogens with zero attached hydrogens (tertiary/aromatic N) is 1. The van der Waals surface area contributed by atoms with Gasteiger partial charge in [-0.25, -0.2) is 0 Å². The van der Waals surface area contributed by atoms with Gasteiger partial charge in [0.1, 0.15) is 0 Å². The molecule has 2 atom stereocenters. The van der Waals surface area contributed by atoms with E-state index in [1.807, 2.05) is 31.3 Å². The number of carbonyl (C=O) groups is 1. The van der Waals surface area contributed by atoms with Crippen LogP contribution in [-0.2, 0) is 4.79 Å². The molecule has 2 N–H and O–H groups in total. The highest BCUT2D eigenvalue weighted by Crippen LogP contribution is 2.39. The van der Waals surface area contributed by atoms with E-state index in [4.69, 9.17) is 5.73 Å². The van der Waals surface area contributed by atoms with Crippen LogP contribution in [0.25, 0.3) is 0 Å². The van der Waals surface area contributed by atoms with Gasteiger partial charge >= 0.3 is 0 Å². The summed E-state index contributed by atoms with van der Waals surface area (Å²) in [5.74, 6) is 0.994. The molecule has 2 unspecified atom stereocenters. The lowest BCUT2D eigenvalue weighted by molar-refractivity contribution is -0.119. The van der Waals surface area contributed by atoms with Gasteiger partial charge in [-0.3, -0.25) is 4.79 Å². The van der Waals surface area contributed by atoms with Crippen LogP contribution >= 0.6 is 0 Å². The zero-order chi connectivity index (χ0) is 11.0. The van der Waals surface area contributed by atoms with Crippen LogP contribution < -0.4 is 10.6 Å². The van der Waals surface area contributed by atoms with Crippen LogP contribution in [0.2, 0.25) is 0 Å². The molecule has 0 spiro atoms. The predicted octanol–water partition coefficient (Wildman–Crippen LogP) is 1.89. The van der Waals surface area contributed by atoms with Gasteiger partial charge in [0, 0.05) is 24.3 Å². The largest absolute Gasteiger partial charge is 0.399 e. The van der Waals surface area contributed by atoms with E-state index < -0.39 is 0 Å². The van der Waals surface area contributed by atoms with E-state index in [2.05, 4.69) is 6.92 Å². The topological polar surface area (TPSA) is 46.3 Å². The fraction of sp³-hybridized carbons (Fsp3) is 0.417. The summed E-state index contributed by atoms with van der Waals surface area (Å²) in [5.41, 5.74) is 7.23. The Kier molecular flexibility index (Phi) is 2.39. The molecule has 0 aromatic heterocycles. The maximum Gasteiger partial charge on any atom is 0.230 e. The highest BCUT2D eigenvalue weighted by molar-refractivity contribution is 5.96. The van der Waals surface area contributed by atoms with Gasteiger partial charge in [-0.2, -0.15) is 0 Å². The number of hydrogen-bond acceptors (Lipinski definition) is 2. The first kappa shape index (κ1) is 10.0. The number of nitrogen functional groups attached to an aromatic ring is 1. The van der Waals surface area contributed by atoms with Crippen LogP contribution in [0, 0.1) is 11.8 Å². The standard InChI is InChI=1S/C12H16N2O/c1-8-7-11(8)12(15)14(2)10-5-3-9(13)4-6-10/h3-6,8,11H,7,13H2,1-2H3. The van der Waals surface area contributed by atoms with Crippen molar-refractivity contribution in [3.63, 3.8) is 0 Å². The van der Waals surface area contributed by atoms with Crippen molar-refractivity contribution in [2.45, 2.75) is 13.3 Å². The second-order valence-electron chi connectivity index (χ2n) is 4.31. The number of hydrogen-bond donors (Lipinski definition) is 1. The quantitative estimate of drug-likeness (QED) is 0.748. The van der Waals surface area contributed by atoms with Gasteiger partial charge in [0.05, 0.1) is 0 Å². The number of carbonyl (C=O) groups excluding carboxylic acids is 1. The first-order chi connectivity index (χ1) is 7.09. The van der Waals surface area contributed by atoms with Crippen molar-refractivity contribution in [3.8, 4) is 0 Å². The minimum atomic E-state index is 0.215. The molecular weight excluding hydrogens is 188 g/mol. The molecule has 80 valence electrons. The lowest BCUT2D eigenvalue weighted by Crippen LogP contribution is -2.28. The Bertz CT molecular complexity index is 372. The third-order valence-electron chi connectivity index (χ3n) is 3.04.